The molecule has 0 saturated carbocycles. The molecule has 0 bridgehead atoms. The van der Waals surface area contributed by atoms with E-state index in [-0.39, 0.29) is 18.4 Å². The number of rotatable bonds is 18. The predicted octanol–water partition coefficient (Wildman–Crippen LogP) is 6.25. The molecule has 0 fully saturated rings. The number of methoxy groups -OCH3 is 3. The number of thiophene rings is 1. The van der Waals surface area contributed by atoms with Gasteiger partial charge >= 0.3 is 0 Å². The molecule has 0 aliphatic rings. The van der Waals surface area contributed by atoms with Crippen LogP contribution >= 0.6 is 11.3 Å². The third-order valence-electron chi connectivity index (χ3n) is 7.06. The van der Waals surface area contributed by atoms with Crippen molar-refractivity contribution in [2.24, 2.45) is 0 Å². The maximum atomic E-state index is 13.8. The summed E-state index contributed by atoms with van der Waals surface area (Å²) in [6.07, 6.45) is 5.83. The van der Waals surface area contributed by atoms with Gasteiger partial charge in [0.25, 0.3) is 5.91 Å². The zero-order valence-corrected chi connectivity index (χ0v) is 25.7. The Bertz CT molecular complexity index is 1200. The topological polar surface area (TPSA) is 68.3 Å². The van der Waals surface area contributed by atoms with E-state index in [0.717, 1.165) is 23.3 Å². The van der Waals surface area contributed by atoms with Crippen molar-refractivity contribution in [3.63, 3.8) is 0 Å². The molecule has 222 valence electrons. The van der Waals surface area contributed by atoms with Crippen molar-refractivity contribution in [2.45, 2.75) is 52.0 Å². The fraction of sp³-hybridized carbons (Fsp3) is 0.455. The van der Waals surface area contributed by atoms with E-state index >= 15 is 0 Å². The van der Waals surface area contributed by atoms with Crippen LogP contribution in [0.15, 0.2) is 60.0 Å². The highest BCUT2D eigenvalue weighted by Gasteiger charge is 2.23. The van der Waals surface area contributed by atoms with Crippen molar-refractivity contribution in [1.29, 1.82) is 0 Å². The SMILES string of the molecule is CCCCCc1ccc(C(=O)N(CCCOC)CC(=O)N(CCc2ccc(OC)c(OC)c2)Cc2cccs2)cc1. The maximum absolute atomic E-state index is 13.8. The van der Waals surface area contributed by atoms with Crippen LogP contribution in [0.25, 0.3) is 0 Å². The highest BCUT2D eigenvalue weighted by Crippen LogP contribution is 2.28. The number of unbranched alkanes of at least 4 members (excludes halogenated alkanes) is 2. The van der Waals surface area contributed by atoms with Gasteiger partial charge in [-0.1, -0.05) is 44.0 Å². The lowest BCUT2D eigenvalue weighted by atomic mass is 10.0. The predicted molar refractivity (Wildman–Crippen MR) is 165 cm³/mol. The Kier molecular flexibility index (Phi) is 13.7. The van der Waals surface area contributed by atoms with Gasteiger partial charge in [0, 0.05) is 37.2 Å². The van der Waals surface area contributed by atoms with Crippen molar-refractivity contribution in [3.8, 4) is 11.5 Å². The van der Waals surface area contributed by atoms with Gasteiger partial charge < -0.3 is 24.0 Å². The highest BCUT2D eigenvalue weighted by molar-refractivity contribution is 7.09. The van der Waals surface area contributed by atoms with E-state index in [4.69, 9.17) is 14.2 Å². The average Bonchev–Trinajstić information content (AvgIpc) is 3.52. The van der Waals surface area contributed by atoms with Gasteiger partial charge in [0.2, 0.25) is 5.91 Å². The third-order valence-corrected chi connectivity index (χ3v) is 7.92. The van der Waals surface area contributed by atoms with Crippen molar-refractivity contribution >= 4 is 23.2 Å². The summed E-state index contributed by atoms with van der Waals surface area (Å²) in [7, 11) is 4.87. The van der Waals surface area contributed by atoms with Crippen molar-refractivity contribution in [1.82, 2.24) is 9.80 Å². The second-order valence-corrected chi connectivity index (χ2v) is 11.1. The second-order valence-electron chi connectivity index (χ2n) is 10.1. The first-order valence-corrected chi connectivity index (χ1v) is 15.2. The molecule has 0 spiro atoms. The summed E-state index contributed by atoms with van der Waals surface area (Å²) >= 11 is 1.62. The Labute approximate surface area is 249 Å². The molecule has 0 radical (unpaired) electrons. The van der Waals surface area contributed by atoms with Crippen molar-refractivity contribution in [2.75, 3.05) is 47.6 Å². The summed E-state index contributed by atoms with van der Waals surface area (Å²) < 4.78 is 16.1. The summed E-state index contributed by atoms with van der Waals surface area (Å²) in [4.78, 5) is 31.9. The van der Waals surface area contributed by atoms with Crippen molar-refractivity contribution < 1.29 is 23.8 Å². The molecule has 7 nitrogen and oxygen atoms in total. The molecule has 2 amide bonds. The summed E-state index contributed by atoms with van der Waals surface area (Å²) in [6, 6.07) is 17.7. The van der Waals surface area contributed by atoms with Gasteiger partial charge in [-0.25, -0.2) is 0 Å². The lowest BCUT2D eigenvalue weighted by Crippen LogP contribution is -2.44. The minimum Gasteiger partial charge on any atom is -0.493 e. The molecule has 0 saturated heterocycles. The Balaban J connectivity index is 1.74. The maximum Gasteiger partial charge on any atom is 0.254 e. The van der Waals surface area contributed by atoms with Crippen LogP contribution in [-0.2, 0) is 28.9 Å². The fourth-order valence-corrected chi connectivity index (χ4v) is 5.39. The number of benzene rings is 2. The van der Waals surface area contributed by atoms with Crippen LogP contribution in [0, 0.1) is 0 Å². The van der Waals surface area contributed by atoms with Crippen LogP contribution in [0.4, 0.5) is 0 Å². The molecule has 0 unspecified atom stereocenters. The molecule has 8 heteroatoms. The van der Waals surface area contributed by atoms with Gasteiger partial charge in [-0.3, -0.25) is 9.59 Å². The summed E-state index contributed by atoms with van der Waals surface area (Å²) in [5, 5.41) is 2.01. The van der Waals surface area contributed by atoms with Crippen LogP contribution in [0.3, 0.4) is 0 Å². The summed E-state index contributed by atoms with van der Waals surface area (Å²) in [6.45, 7) is 4.18. The fourth-order valence-electron chi connectivity index (χ4n) is 4.67. The number of carbonyl (C=O) groups excluding carboxylic acids is 2. The molecule has 0 atom stereocenters. The minimum atomic E-state index is -0.134. The Morgan fingerprint density at radius 3 is 2.22 bits per heavy atom. The molecule has 0 N–H and O–H groups in total. The first-order chi connectivity index (χ1) is 20.0. The van der Waals surface area contributed by atoms with Gasteiger partial charge in [0.05, 0.1) is 20.8 Å². The third kappa shape index (κ3) is 10.2. The summed E-state index contributed by atoms with van der Waals surface area (Å²) in [5.41, 5.74) is 2.87. The lowest BCUT2D eigenvalue weighted by molar-refractivity contribution is -0.132. The molecule has 0 aliphatic carbocycles. The number of hydrogen-bond donors (Lipinski definition) is 0. The van der Waals surface area contributed by atoms with Crippen molar-refractivity contribution in [3.05, 3.63) is 81.5 Å². The van der Waals surface area contributed by atoms with E-state index in [2.05, 4.69) is 6.92 Å². The molecule has 0 aliphatic heterocycles. The molecule has 3 aromatic rings. The number of amides is 2. The first kappa shape index (κ1) is 32.2. The molecule has 41 heavy (non-hydrogen) atoms. The van der Waals surface area contributed by atoms with E-state index in [1.165, 1.54) is 18.4 Å². The zero-order valence-electron chi connectivity index (χ0n) is 24.9. The smallest absolute Gasteiger partial charge is 0.254 e. The van der Waals surface area contributed by atoms with E-state index in [1.54, 1.807) is 37.6 Å². The lowest BCUT2D eigenvalue weighted by Gasteiger charge is -2.28. The largest absolute Gasteiger partial charge is 0.493 e. The van der Waals surface area contributed by atoms with E-state index in [0.29, 0.717) is 56.1 Å². The Hall–Kier alpha value is -3.36. The molecular weight excluding hydrogens is 536 g/mol. The summed E-state index contributed by atoms with van der Waals surface area (Å²) in [5.74, 6) is 1.11. The highest BCUT2D eigenvalue weighted by atomic mass is 32.1. The monoisotopic (exact) mass is 580 g/mol. The molecule has 1 aromatic heterocycles. The number of carbonyl (C=O) groups is 2. The van der Waals surface area contributed by atoms with Gasteiger partial charge in [0.1, 0.15) is 6.54 Å². The average molecular weight is 581 g/mol. The number of nitrogens with zero attached hydrogens (tertiary/aromatic N) is 2. The standard InChI is InChI=1S/C33H44N2O5S/c1-5-6-7-10-26-12-15-28(16-13-26)33(37)35(19-9-21-38-2)25-32(36)34(24-29-11-8-22-41-29)20-18-27-14-17-30(39-3)31(23-27)40-4/h8,11-17,22-23H,5-7,9-10,18-21,24-25H2,1-4H3. The van der Waals surface area contributed by atoms with Gasteiger partial charge in [-0.2, -0.15) is 0 Å². The van der Waals surface area contributed by atoms with Crippen LogP contribution < -0.4 is 9.47 Å². The minimum absolute atomic E-state index is 0.0120. The number of aryl methyl sites for hydroxylation is 1. The van der Waals surface area contributed by atoms with Crippen LogP contribution in [-0.4, -0.2) is 69.2 Å². The van der Waals surface area contributed by atoms with Gasteiger partial charge in [-0.15, -0.1) is 11.3 Å². The quantitative estimate of drug-likeness (QED) is 0.167. The van der Waals surface area contributed by atoms with E-state index in [1.807, 2.05) is 64.9 Å². The van der Waals surface area contributed by atoms with Gasteiger partial charge in [0.15, 0.2) is 11.5 Å². The Morgan fingerprint density at radius 2 is 1.56 bits per heavy atom. The Morgan fingerprint density at radius 1 is 0.805 bits per heavy atom. The van der Waals surface area contributed by atoms with Crippen LogP contribution in [0.1, 0.15) is 59.0 Å². The molecule has 3 rings (SSSR count). The van der Waals surface area contributed by atoms with E-state index < -0.39 is 0 Å². The first-order valence-electron chi connectivity index (χ1n) is 14.4. The van der Waals surface area contributed by atoms with Crippen LogP contribution in [0.5, 0.6) is 11.5 Å². The number of hydrogen-bond acceptors (Lipinski definition) is 6. The molecular formula is C33H44N2O5S. The van der Waals surface area contributed by atoms with E-state index in [9.17, 15) is 9.59 Å². The van der Waals surface area contributed by atoms with Crippen LogP contribution in [0.2, 0.25) is 0 Å². The van der Waals surface area contributed by atoms with Gasteiger partial charge in [-0.05, 0) is 72.5 Å². The number of ether oxygens (including phenoxy) is 3. The second kappa shape index (κ2) is 17.5. The zero-order chi connectivity index (χ0) is 29.5. The normalized spacial score (nSPS) is 10.8. The molecule has 1 heterocycles. The molecule has 2 aromatic carbocycles.